The van der Waals surface area contributed by atoms with Crippen LogP contribution in [0.15, 0.2) is 30.6 Å². The first-order valence-electron chi connectivity index (χ1n) is 7.39. The summed E-state index contributed by atoms with van der Waals surface area (Å²) in [7, 11) is 0. The third-order valence-electron chi connectivity index (χ3n) is 3.48. The van der Waals surface area contributed by atoms with Crippen LogP contribution in [0.2, 0.25) is 0 Å². The van der Waals surface area contributed by atoms with Crippen LogP contribution in [0.1, 0.15) is 31.2 Å². The highest BCUT2D eigenvalue weighted by Crippen LogP contribution is 2.09. The van der Waals surface area contributed by atoms with E-state index in [0.29, 0.717) is 0 Å². The lowest BCUT2D eigenvalue weighted by Crippen LogP contribution is -2.40. The molecular formula is C16H21N3O2. The zero-order valence-corrected chi connectivity index (χ0v) is 12.1. The van der Waals surface area contributed by atoms with Crippen LogP contribution in [0.3, 0.4) is 0 Å². The van der Waals surface area contributed by atoms with Crippen molar-refractivity contribution in [2.75, 3.05) is 19.6 Å². The van der Waals surface area contributed by atoms with E-state index in [4.69, 9.17) is 0 Å². The van der Waals surface area contributed by atoms with Crippen molar-refractivity contribution in [1.82, 2.24) is 15.2 Å². The molecule has 5 nitrogen and oxygen atoms in total. The van der Waals surface area contributed by atoms with Gasteiger partial charge in [-0.05, 0) is 30.5 Å². The first kappa shape index (κ1) is 15.2. The summed E-state index contributed by atoms with van der Waals surface area (Å²) in [4.78, 5) is 29.5. The van der Waals surface area contributed by atoms with Gasteiger partial charge in [-0.15, -0.1) is 0 Å². The molecule has 2 heterocycles. The predicted octanol–water partition coefficient (Wildman–Crippen LogP) is 1.61. The number of nitrogens with one attached hydrogen (secondary N) is 1. The molecule has 112 valence electrons. The topological polar surface area (TPSA) is 62.3 Å². The molecule has 1 aliphatic heterocycles. The van der Waals surface area contributed by atoms with Crippen molar-refractivity contribution in [3.63, 3.8) is 0 Å². The Labute approximate surface area is 125 Å². The molecule has 1 aromatic rings. The molecule has 0 aromatic carbocycles. The fourth-order valence-corrected chi connectivity index (χ4v) is 2.30. The molecule has 1 fully saturated rings. The van der Waals surface area contributed by atoms with Crippen molar-refractivity contribution >= 4 is 17.9 Å². The van der Waals surface area contributed by atoms with Crippen LogP contribution >= 0.6 is 0 Å². The summed E-state index contributed by atoms with van der Waals surface area (Å²) in [5.41, 5.74) is 0.853. The van der Waals surface area contributed by atoms with Crippen LogP contribution in [0.4, 0.5) is 0 Å². The van der Waals surface area contributed by atoms with E-state index < -0.39 is 0 Å². The number of likely N-dealkylation sites (tertiary alicyclic amines) is 1. The molecule has 1 aliphatic rings. The van der Waals surface area contributed by atoms with Gasteiger partial charge < -0.3 is 10.2 Å². The number of rotatable bonds is 4. The van der Waals surface area contributed by atoms with Crippen molar-refractivity contribution in [1.29, 1.82) is 0 Å². The summed E-state index contributed by atoms with van der Waals surface area (Å²) in [6, 6.07) is 3.67. The normalized spacial score (nSPS) is 15.7. The molecule has 2 amide bonds. The first-order valence-corrected chi connectivity index (χ1v) is 7.39. The molecule has 0 radical (unpaired) electrons. The van der Waals surface area contributed by atoms with Crippen LogP contribution < -0.4 is 5.32 Å². The van der Waals surface area contributed by atoms with E-state index >= 15 is 0 Å². The van der Waals surface area contributed by atoms with Gasteiger partial charge in [0.1, 0.15) is 0 Å². The van der Waals surface area contributed by atoms with Crippen molar-refractivity contribution in [2.45, 2.75) is 25.7 Å². The molecule has 5 heteroatoms. The van der Waals surface area contributed by atoms with Gasteiger partial charge in [0.15, 0.2) is 0 Å². The zero-order valence-electron chi connectivity index (χ0n) is 12.1. The maximum Gasteiger partial charge on any atom is 0.244 e. The Morgan fingerprint density at radius 1 is 1.24 bits per heavy atom. The van der Waals surface area contributed by atoms with Gasteiger partial charge in [0.2, 0.25) is 11.8 Å². The van der Waals surface area contributed by atoms with E-state index in [2.05, 4.69) is 10.3 Å². The van der Waals surface area contributed by atoms with E-state index in [1.807, 2.05) is 11.0 Å². The van der Waals surface area contributed by atoms with Crippen molar-refractivity contribution < 1.29 is 9.59 Å². The molecule has 0 spiro atoms. The van der Waals surface area contributed by atoms with E-state index in [1.165, 1.54) is 18.9 Å². The third kappa shape index (κ3) is 5.38. The minimum atomic E-state index is -0.262. The number of carbonyl (C=O) groups is 2. The quantitative estimate of drug-likeness (QED) is 0.856. The van der Waals surface area contributed by atoms with Gasteiger partial charge in [-0.3, -0.25) is 14.6 Å². The monoisotopic (exact) mass is 287 g/mol. The third-order valence-corrected chi connectivity index (χ3v) is 3.48. The fraction of sp³-hybridized carbons (Fsp3) is 0.438. The van der Waals surface area contributed by atoms with Crippen LogP contribution in [0.5, 0.6) is 0 Å². The minimum absolute atomic E-state index is 0.0000257. The molecule has 0 saturated carbocycles. The number of amides is 2. The minimum Gasteiger partial charge on any atom is -0.343 e. The Morgan fingerprint density at radius 2 is 2.00 bits per heavy atom. The molecule has 21 heavy (non-hydrogen) atoms. The summed E-state index contributed by atoms with van der Waals surface area (Å²) >= 11 is 0. The van der Waals surface area contributed by atoms with Crippen molar-refractivity contribution in [3.05, 3.63) is 36.2 Å². The number of carbonyl (C=O) groups excluding carboxylic acids is 2. The van der Waals surface area contributed by atoms with Gasteiger partial charge in [0.05, 0.1) is 6.54 Å². The fourth-order valence-electron chi connectivity index (χ4n) is 2.30. The van der Waals surface area contributed by atoms with Crippen LogP contribution in [0, 0.1) is 0 Å². The summed E-state index contributed by atoms with van der Waals surface area (Å²) in [5.74, 6) is -0.262. The molecule has 1 saturated heterocycles. The Kier molecular flexibility index (Phi) is 5.94. The molecular weight excluding hydrogens is 266 g/mol. The molecule has 1 aromatic heterocycles. The van der Waals surface area contributed by atoms with E-state index in [-0.39, 0.29) is 18.4 Å². The SMILES string of the molecule is O=C(/C=C\c1cccnc1)NCC(=O)N1CCCCCC1. The van der Waals surface area contributed by atoms with Gasteiger partial charge in [0, 0.05) is 31.6 Å². The predicted molar refractivity (Wildman–Crippen MR) is 81.3 cm³/mol. The first-order chi connectivity index (χ1) is 10.3. The Hall–Kier alpha value is -2.17. The van der Waals surface area contributed by atoms with E-state index in [0.717, 1.165) is 31.5 Å². The summed E-state index contributed by atoms with van der Waals surface area (Å²) in [6.45, 7) is 1.68. The lowest BCUT2D eigenvalue weighted by molar-refractivity contribution is -0.132. The molecule has 0 aliphatic carbocycles. The Morgan fingerprint density at radius 3 is 2.67 bits per heavy atom. The summed E-state index contributed by atoms with van der Waals surface area (Å²) in [5, 5.41) is 2.63. The van der Waals surface area contributed by atoms with Crippen molar-refractivity contribution in [3.8, 4) is 0 Å². The smallest absolute Gasteiger partial charge is 0.244 e. The molecule has 0 atom stereocenters. The average molecular weight is 287 g/mol. The van der Waals surface area contributed by atoms with Gasteiger partial charge >= 0.3 is 0 Å². The van der Waals surface area contributed by atoms with E-state index in [1.54, 1.807) is 24.5 Å². The van der Waals surface area contributed by atoms with Gasteiger partial charge in [-0.25, -0.2) is 0 Å². The largest absolute Gasteiger partial charge is 0.343 e. The Balaban J connectivity index is 1.75. The second kappa shape index (κ2) is 8.19. The van der Waals surface area contributed by atoms with Gasteiger partial charge in [-0.2, -0.15) is 0 Å². The summed E-state index contributed by atoms with van der Waals surface area (Å²) in [6.07, 6.45) is 10.9. The molecule has 0 bridgehead atoms. The second-order valence-corrected chi connectivity index (χ2v) is 5.13. The number of pyridine rings is 1. The molecule has 1 N–H and O–H groups in total. The number of hydrogen-bond donors (Lipinski definition) is 1. The van der Waals surface area contributed by atoms with E-state index in [9.17, 15) is 9.59 Å². The lowest BCUT2D eigenvalue weighted by atomic mass is 10.2. The number of aromatic nitrogens is 1. The highest BCUT2D eigenvalue weighted by atomic mass is 16.2. The van der Waals surface area contributed by atoms with Gasteiger partial charge in [-0.1, -0.05) is 18.9 Å². The zero-order chi connectivity index (χ0) is 14.9. The molecule has 2 rings (SSSR count). The summed E-state index contributed by atoms with van der Waals surface area (Å²) < 4.78 is 0. The van der Waals surface area contributed by atoms with Crippen molar-refractivity contribution in [2.24, 2.45) is 0 Å². The maximum atomic E-state index is 12.0. The maximum absolute atomic E-state index is 12.0. The standard InChI is InChI=1S/C16H21N3O2/c20-15(8-7-14-6-5-9-17-12-14)18-13-16(21)19-10-3-1-2-4-11-19/h5-9,12H,1-4,10-11,13H2,(H,18,20)/b8-7-. The Bertz CT molecular complexity index is 492. The van der Waals surface area contributed by atoms with Crippen LogP contribution in [-0.2, 0) is 9.59 Å². The van der Waals surface area contributed by atoms with Gasteiger partial charge in [0.25, 0.3) is 0 Å². The average Bonchev–Trinajstić information content (AvgIpc) is 2.81. The lowest BCUT2D eigenvalue weighted by Gasteiger charge is -2.20. The molecule has 0 unspecified atom stereocenters. The highest BCUT2D eigenvalue weighted by molar-refractivity contribution is 5.94. The number of nitrogens with zero attached hydrogens (tertiary/aromatic N) is 2. The van der Waals surface area contributed by atoms with Crippen LogP contribution in [0.25, 0.3) is 6.08 Å². The number of hydrogen-bond acceptors (Lipinski definition) is 3. The van der Waals surface area contributed by atoms with Crippen LogP contribution in [-0.4, -0.2) is 41.3 Å². The second-order valence-electron chi connectivity index (χ2n) is 5.13. The highest BCUT2D eigenvalue weighted by Gasteiger charge is 2.15.